The minimum Gasteiger partial charge on any atom is -0.406 e. The summed E-state index contributed by atoms with van der Waals surface area (Å²) in [6, 6.07) is 8.23. The second-order valence-electron chi connectivity index (χ2n) is 9.15. The van der Waals surface area contributed by atoms with Crippen LogP contribution < -0.4 is 14.5 Å². The first-order valence-electron chi connectivity index (χ1n) is 11.7. The van der Waals surface area contributed by atoms with E-state index in [1.807, 2.05) is 0 Å². The highest BCUT2D eigenvalue weighted by Gasteiger charge is 2.44. The van der Waals surface area contributed by atoms with Gasteiger partial charge in [0.2, 0.25) is 0 Å². The van der Waals surface area contributed by atoms with E-state index in [0.717, 1.165) is 30.3 Å². The molecule has 0 amide bonds. The summed E-state index contributed by atoms with van der Waals surface area (Å²) in [5, 5.41) is 9.81. The summed E-state index contributed by atoms with van der Waals surface area (Å²) in [6.45, 7) is -2.10. The molecule has 3 aromatic carbocycles. The highest BCUT2D eigenvalue weighted by atomic mass is 19.4. The van der Waals surface area contributed by atoms with Gasteiger partial charge in [0.05, 0.1) is 23.8 Å². The summed E-state index contributed by atoms with van der Waals surface area (Å²) in [6.07, 6.45) is -18.2. The number of β-amino-alcohol motifs (C(OH)–C–C–N with tert-alkyl or cyclic N) is 1. The zero-order chi connectivity index (χ0) is 30.3. The quantitative estimate of drug-likeness (QED) is 0.300. The van der Waals surface area contributed by atoms with Crippen molar-refractivity contribution in [2.75, 3.05) is 22.9 Å². The van der Waals surface area contributed by atoms with Crippen molar-refractivity contribution in [1.82, 2.24) is 0 Å². The molecular formula is C26H19F11N2O2. The first-order chi connectivity index (χ1) is 18.9. The molecule has 1 N–H and O–H groups in total. The second kappa shape index (κ2) is 10.9. The van der Waals surface area contributed by atoms with Gasteiger partial charge in [-0.1, -0.05) is 24.3 Å². The molecular weight excluding hydrogens is 581 g/mol. The van der Waals surface area contributed by atoms with Crippen molar-refractivity contribution in [1.29, 1.82) is 0 Å². The van der Waals surface area contributed by atoms with Gasteiger partial charge in [0.25, 0.3) is 0 Å². The van der Waals surface area contributed by atoms with E-state index in [4.69, 9.17) is 0 Å². The Morgan fingerprint density at radius 2 is 1.56 bits per heavy atom. The minimum absolute atomic E-state index is 0.147. The third-order valence-corrected chi connectivity index (χ3v) is 6.30. The second-order valence-corrected chi connectivity index (χ2v) is 9.15. The Morgan fingerprint density at radius 1 is 0.878 bits per heavy atom. The zero-order valence-electron chi connectivity index (χ0n) is 20.5. The van der Waals surface area contributed by atoms with E-state index in [-0.39, 0.29) is 23.4 Å². The molecule has 4 rings (SSSR count). The summed E-state index contributed by atoms with van der Waals surface area (Å²) in [7, 11) is 0. The minimum atomic E-state index is -5.21. The highest BCUT2D eigenvalue weighted by Crippen LogP contribution is 2.45. The van der Waals surface area contributed by atoms with Crippen molar-refractivity contribution in [2.45, 2.75) is 37.4 Å². The van der Waals surface area contributed by atoms with Gasteiger partial charge < -0.3 is 19.6 Å². The van der Waals surface area contributed by atoms with E-state index >= 15 is 4.39 Å². The molecule has 0 aliphatic carbocycles. The van der Waals surface area contributed by atoms with Gasteiger partial charge >= 0.3 is 18.7 Å². The van der Waals surface area contributed by atoms with Crippen LogP contribution in [0.4, 0.5) is 59.7 Å². The van der Waals surface area contributed by atoms with Crippen LogP contribution in [0.25, 0.3) is 0 Å². The van der Waals surface area contributed by atoms with Crippen LogP contribution in [0.1, 0.15) is 22.7 Å². The SMILES string of the molecule is O[C@H](CN1c2c(ccc(F)c2F)N(Cc2cccc(OC(F)(F)F)c2)CC1c1cccc(C(F)(F)F)c1)C(F)(F)F. The number of ether oxygens (including phenoxy) is 1. The monoisotopic (exact) mass is 600 g/mol. The number of hydrogen-bond acceptors (Lipinski definition) is 4. The van der Waals surface area contributed by atoms with Crippen LogP contribution in [0, 0.1) is 11.6 Å². The molecule has 0 saturated carbocycles. The van der Waals surface area contributed by atoms with Gasteiger partial charge in [0.15, 0.2) is 17.7 Å². The van der Waals surface area contributed by atoms with Gasteiger partial charge in [-0.25, -0.2) is 8.78 Å². The number of halogens is 11. The number of aliphatic hydroxyl groups is 1. The lowest BCUT2D eigenvalue weighted by Crippen LogP contribution is -2.49. The van der Waals surface area contributed by atoms with Gasteiger partial charge in [-0.2, -0.15) is 26.3 Å². The number of benzene rings is 3. The Balaban J connectivity index is 1.84. The molecule has 0 radical (unpaired) electrons. The van der Waals surface area contributed by atoms with Crippen LogP contribution >= 0.6 is 0 Å². The van der Waals surface area contributed by atoms with E-state index in [1.165, 1.54) is 17.0 Å². The number of aliphatic hydroxyl groups excluding tert-OH is 1. The maximum Gasteiger partial charge on any atom is 0.573 e. The van der Waals surface area contributed by atoms with E-state index < -0.39 is 72.6 Å². The summed E-state index contributed by atoms with van der Waals surface area (Å²) in [4.78, 5) is 1.91. The molecule has 0 spiro atoms. The number of anilines is 2. The first-order valence-corrected chi connectivity index (χ1v) is 11.7. The fourth-order valence-electron chi connectivity index (χ4n) is 4.55. The lowest BCUT2D eigenvalue weighted by molar-refractivity contribution is -0.274. The molecule has 222 valence electrons. The molecule has 0 saturated heterocycles. The molecule has 41 heavy (non-hydrogen) atoms. The molecule has 1 aliphatic rings. The normalized spacial score (nSPS) is 16.9. The Labute approximate surface area is 225 Å². The van der Waals surface area contributed by atoms with E-state index in [9.17, 15) is 49.0 Å². The zero-order valence-corrected chi connectivity index (χ0v) is 20.5. The van der Waals surface area contributed by atoms with Crippen LogP contribution in [0.5, 0.6) is 5.75 Å². The van der Waals surface area contributed by atoms with Gasteiger partial charge in [0.1, 0.15) is 11.4 Å². The van der Waals surface area contributed by atoms with Gasteiger partial charge in [-0.3, -0.25) is 0 Å². The number of fused-ring (bicyclic) bond motifs is 1. The van der Waals surface area contributed by atoms with Crippen LogP contribution in [0.3, 0.4) is 0 Å². The Hall–Kier alpha value is -3.75. The Kier molecular flexibility index (Phi) is 8.04. The molecule has 4 nitrogen and oxygen atoms in total. The smallest absolute Gasteiger partial charge is 0.406 e. The predicted molar refractivity (Wildman–Crippen MR) is 124 cm³/mol. The fraction of sp³-hybridized carbons (Fsp3) is 0.308. The molecule has 1 heterocycles. The molecule has 2 atom stereocenters. The van der Waals surface area contributed by atoms with Crippen molar-refractivity contribution in [3.63, 3.8) is 0 Å². The maximum absolute atomic E-state index is 15.3. The van der Waals surface area contributed by atoms with Gasteiger partial charge in [-0.15, -0.1) is 13.2 Å². The van der Waals surface area contributed by atoms with Crippen LogP contribution in [-0.2, 0) is 12.7 Å². The van der Waals surface area contributed by atoms with Crippen LogP contribution in [0.15, 0.2) is 60.7 Å². The van der Waals surface area contributed by atoms with Gasteiger partial charge in [0, 0.05) is 13.1 Å². The third kappa shape index (κ3) is 6.94. The standard InChI is InChI=1S/C26H19F11N2O2/c27-18-7-8-19-23(22(18)28)39(13-21(40)25(32,33)34)20(15-4-2-5-16(10-15)24(29,30)31)12-38(19)11-14-3-1-6-17(9-14)41-26(35,36)37/h1-10,20-21,40H,11-13H2/t20?,21-/m1/s1. The van der Waals surface area contributed by atoms with Crippen molar-refractivity contribution < 1.29 is 58.1 Å². The van der Waals surface area contributed by atoms with Crippen molar-refractivity contribution in [3.8, 4) is 5.75 Å². The van der Waals surface area contributed by atoms with Crippen LogP contribution in [-0.4, -0.2) is 36.8 Å². The Bertz CT molecular complexity index is 1390. The van der Waals surface area contributed by atoms with Crippen molar-refractivity contribution in [3.05, 3.63) is 89.0 Å². The third-order valence-electron chi connectivity index (χ3n) is 6.30. The number of alkyl halides is 9. The maximum atomic E-state index is 15.3. The Morgan fingerprint density at radius 3 is 2.20 bits per heavy atom. The molecule has 1 aliphatic heterocycles. The lowest BCUT2D eigenvalue weighted by Gasteiger charge is -2.46. The van der Waals surface area contributed by atoms with Gasteiger partial charge in [-0.05, 0) is 47.5 Å². The summed E-state index contributed by atoms with van der Waals surface area (Å²) in [5.74, 6) is -3.73. The molecule has 0 fully saturated rings. The summed E-state index contributed by atoms with van der Waals surface area (Å²) in [5.41, 5.74) is -2.23. The molecule has 0 bridgehead atoms. The number of rotatable bonds is 6. The van der Waals surface area contributed by atoms with E-state index in [1.54, 1.807) is 0 Å². The topological polar surface area (TPSA) is 35.9 Å². The average Bonchev–Trinajstić information content (AvgIpc) is 2.85. The van der Waals surface area contributed by atoms with Crippen molar-refractivity contribution >= 4 is 11.4 Å². The summed E-state index contributed by atoms with van der Waals surface area (Å²) >= 11 is 0. The van der Waals surface area contributed by atoms with E-state index in [2.05, 4.69) is 4.74 Å². The summed E-state index contributed by atoms with van der Waals surface area (Å²) < 4.78 is 152. The fourth-order valence-corrected chi connectivity index (χ4v) is 4.55. The van der Waals surface area contributed by atoms with Crippen molar-refractivity contribution in [2.24, 2.45) is 0 Å². The molecule has 3 aromatic rings. The molecule has 15 heteroatoms. The first kappa shape index (κ1) is 30.2. The number of nitrogens with zero attached hydrogens (tertiary/aromatic N) is 2. The number of hydrogen-bond donors (Lipinski definition) is 1. The largest absolute Gasteiger partial charge is 0.573 e. The lowest BCUT2D eigenvalue weighted by atomic mass is 9.96. The van der Waals surface area contributed by atoms with Crippen LogP contribution in [0.2, 0.25) is 0 Å². The van der Waals surface area contributed by atoms with E-state index in [0.29, 0.717) is 23.1 Å². The predicted octanol–water partition coefficient (Wildman–Crippen LogP) is 7.37. The highest BCUT2D eigenvalue weighted by molar-refractivity contribution is 5.75. The molecule has 0 aromatic heterocycles. The molecule has 1 unspecified atom stereocenters. The average molecular weight is 600 g/mol.